The lowest BCUT2D eigenvalue weighted by atomic mass is 10.0. The summed E-state index contributed by atoms with van der Waals surface area (Å²) in [6.45, 7) is 13.1. The molecule has 1 aromatic carbocycles. The quantitative estimate of drug-likeness (QED) is 0.464. The van der Waals surface area contributed by atoms with Crippen molar-refractivity contribution in [2.75, 3.05) is 6.61 Å². The second-order valence-corrected chi connectivity index (χ2v) is 13.0. The molecule has 1 heterocycles. The monoisotopic (exact) mass is 375 g/mol. The first-order valence-electron chi connectivity index (χ1n) is 8.97. The van der Waals surface area contributed by atoms with Crippen molar-refractivity contribution in [2.24, 2.45) is 0 Å². The number of hydrogen-bond donors (Lipinski definition) is 1. The highest BCUT2D eigenvalue weighted by molar-refractivity contribution is 6.74. The highest BCUT2D eigenvalue weighted by atomic mass is 28.4. The minimum absolute atomic E-state index is 0.122. The number of carbonyl (C=O) groups excluding carboxylic acids is 1. The van der Waals surface area contributed by atoms with Gasteiger partial charge in [0.05, 0.1) is 5.56 Å². The van der Waals surface area contributed by atoms with E-state index in [0.29, 0.717) is 30.3 Å². The lowest BCUT2D eigenvalue weighted by Crippen LogP contribution is -2.41. The van der Waals surface area contributed by atoms with E-state index in [0.717, 1.165) is 0 Å². The minimum atomic E-state index is -1.85. The number of aromatic nitrogens is 1. The zero-order valence-electron chi connectivity index (χ0n) is 16.5. The molecule has 0 spiro atoms. The molecule has 0 aliphatic rings. The Morgan fingerprint density at radius 3 is 2.31 bits per heavy atom. The Morgan fingerprint density at radius 2 is 1.77 bits per heavy atom. The van der Waals surface area contributed by atoms with Crippen molar-refractivity contribution in [3.8, 4) is 5.88 Å². The van der Waals surface area contributed by atoms with Crippen molar-refractivity contribution in [1.29, 1.82) is 0 Å². The van der Waals surface area contributed by atoms with Gasteiger partial charge in [-0.15, -0.1) is 0 Å². The molecule has 0 amide bonds. The summed E-state index contributed by atoms with van der Waals surface area (Å²) in [4.78, 5) is 24.8. The van der Waals surface area contributed by atoms with E-state index in [-0.39, 0.29) is 27.8 Å². The summed E-state index contributed by atoms with van der Waals surface area (Å²) >= 11 is 0. The number of pyridine rings is 1. The molecular formula is C20H29NO4Si. The molecule has 2 aromatic rings. The maximum atomic E-state index is 12.7. The Morgan fingerprint density at radius 1 is 1.19 bits per heavy atom. The molecule has 1 aromatic heterocycles. The van der Waals surface area contributed by atoms with Gasteiger partial charge in [0.25, 0.3) is 5.56 Å². The molecule has 1 N–H and O–H groups in total. The third kappa shape index (κ3) is 3.91. The first-order valence-corrected chi connectivity index (χ1v) is 11.9. The second kappa shape index (κ2) is 7.37. The maximum absolute atomic E-state index is 12.7. The van der Waals surface area contributed by atoms with E-state index in [1.807, 2.05) is 0 Å². The molecule has 0 unspecified atom stereocenters. The van der Waals surface area contributed by atoms with E-state index in [1.165, 1.54) is 11.5 Å². The summed E-state index contributed by atoms with van der Waals surface area (Å²) in [5.74, 6) is -0.515. The van der Waals surface area contributed by atoms with E-state index in [9.17, 15) is 14.7 Å². The SMILES string of the molecule is CC(=O)c1c(O)n(CCCO[Si](C)(C)C(C)(C)C)c(=O)c2ccccc12. The molecule has 0 fully saturated rings. The minimum Gasteiger partial charge on any atom is -0.494 e. The predicted octanol–water partition coefficient (Wildman–Crippen LogP) is 4.32. The third-order valence-electron chi connectivity index (χ3n) is 5.30. The average molecular weight is 376 g/mol. The predicted molar refractivity (Wildman–Crippen MR) is 108 cm³/mol. The van der Waals surface area contributed by atoms with Crippen LogP contribution in [-0.4, -0.2) is 30.4 Å². The van der Waals surface area contributed by atoms with E-state index in [1.54, 1.807) is 24.3 Å². The molecular weight excluding hydrogens is 346 g/mol. The van der Waals surface area contributed by atoms with Crippen LogP contribution in [0.3, 0.4) is 0 Å². The topological polar surface area (TPSA) is 68.5 Å². The van der Waals surface area contributed by atoms with Crippen LogP contribution in [0.5, 0.6) is 5.88 Å². The first-order chi connectivity index (χ1) is 12.0. The van der Waals surface area contributed by atoms with Crippen molar-refractivity contribution < 1.29 is 14.3 Å². The van der Waals surface area contributed by atoms with Gasteiger partial charge in [-0.05, 0) is 37.5 Å². The van der Waals surface area contributed by atoms with E-state index in [4.69, 9.17) is 4.43 Å². The molecule has 2 rings (SSSR count). The number of Topliss-reactive ketones (excluding diaryl/α,β-unsaturated/α-hetero) is 1. The Kier molecular flexibility index (Phi) is 5.78. The van der Waals surface area contributed by atoms with Gasteiger partial charge in [0.1, 0.15) is 0 Å². The van der Waals surface area contributed by atoms with Gasteiger partial charge in [0, 0.05) is 23.9 Å². The van der Waals surface area contributed by atoms with Gasteiger partial charge in [-0.2, -0.15) is 0 Å². The zero-order valence-corrected chi connectivity index (χ0v) is 17.5. The van der Waals surface area contributed by atoms with Gasteiger partial charge in [-0.25, -0.2) is 0 Å². The normalized spacial score (nSPS) is 12.5. The summed E-state index contributed by atoms with van der Waals surface area (Å²) in [5.41, 5.74) is -0.0825. The molecule has 142 valence electrons. The number of ketones is 1. The summed E-state index contributed by atoms with van der Waals surface area (Å²) in [6.07, 6.45) is 0.593. The van der Waals surface area contributed by atoms with E-state index < -0.39 is 8.32 Å². The number of nitrogens with zero attached hydrogens (tertiary/aromatic N) is 1. The number of fused-ring (bicyclic) bond motifs is 1. The van der Waals surface area contributed by atoms with E-state index in [2.05, 4.69) is 33.9 Å². The lowest BCUT2D eigenvalue weighted by Gasteiger charge is -2.36. The molecule has 6 heteroatoms. The molecule has 5 nitrogen and oxygen atoms in total. The lowest BCUT2D eigenvalue weighted by molar-refractivity contribution is 0.101. The van der Waals surface area contributed by atoms with Crippen molar-refractivity contribution in [3.63, 3.8) is 0 Å². The summed E-state index contributed by atoms with van der Waals surface area (Å²) in [6, 6.07) is 6.89. The fourth-order valence-electron chi connectivity index (χ4n) is 2.71. The molecule has 26 heavy (non-hydrogen) atoms. The zero-order chi connectivity index (χ0) is 19.7. The molecule has 0 aliphatic carbocycles. The van der Waals surface area contributed by atoms with Crippen molar-refractivity contribution in [2.45, 2.75) is 58.8 Å². The Bertz CT molecular complexity index is 878. The van der Waals surface area contributed by atoms with Crippen LogP contribution in [0.25, 0.3) is 10.8 Å². The summed E-state index contributed by atoms with van der Waals surface area (Å²) < 4.78 is 7.42. The van der Waals surface area contributed by atoms with Crippen molar-refractivity contribution in [3.05, 3.63) is 40.2 Å². The van der Waals surface area contributed by atoms with Gasteiger partial charge in [0.2, 0.25) is 5.88 Å². The maximum Gasteiger partial charge on any atom is 0.261 e. The van der Waals surface area contributed by atoms with Crippen molar-refractivity contribution in [1.82, 2.24) is 4.57 Å². The van der Waals surface area contributed by atoms with Crippen LogP contribution in [0.2, 0.25) is 18.1 Å². The molecule has 0 radical (unpaired) electrons. The van der Waals surface area contributed by atoms with Crippen LogP contribution in [0.4, 0.5) is 0 Å². The van der Waals surface area contributed by atoms with Crippen LogP contribution >= 0.6 is 0 Å². The van der Waals surface area contributed by atoms with E-state index >= 15 is 0 Å². The van der Waals surface area contributed by atoms with Crippen LogP contribution in [0.1, 0.15) is 44.5 Å². The van der Waals surface area contributed by atoms with Gasteiger partial charge >= 0.3 is 0 Å². The van der Waals surface area contributed by atoms with Gasteiger partial charge < -0.3 is 9.53 Å². The standard InChI is InChI=1S/C20H29NO4Si/c1-14(22)17-15-10-7-8-11-16(15)18(23)21(19(17)24)12-9-13-25-26(5,6)20(2,3)4/h7-8,10-11,24H,9,12-13H2,1-6H3. The molecule has 0 saturated carbocycles. The average Bonchev–Trinajstić information content (AvgIpc) is 2.52. The number of carbonyl (C=O) groups is 1. The Hall–Kier alpha value is -1.92. The number of aromatic hydroxyl groups is 1. The fourth-order valence-corrected chi connectivity index (χ4v) is 3.79. The largest absolute Gasteiger partial charge is 0.494 e. The fraction of sp³-hybridized carbons (Fsp3) is 0.500. The van der Waals surface area contributed by atoms with Gasteiger partial charge in [-0.3, -0.25) is 14.2 Å². The number of benzene rings is 1. The second-order valence-electron chi connectivity index (χ2n) is 8.22. The Balaban J connectivity index is 2.28. The highest BCUT2D eigenvalue weighted by Crippen LogP contribution is 2.36. The summed E-state index contributed by atoms with van der Waals surface area (Å²) in [7, 11) is -1.85. The van der Waals surface area contributed by atoms with Crippen LogP contribution in [0, 0.1) is 0 Å². The Labute approximate surface area is 155 Å². The third-order valence-corrected chi connectivity index (χ3v) is 9.84. The molecule has 0 bridgehead atoms. The number of rotatable bonds is 6. The van der Waals surface area contributed by atoms with Crippen LogP contribution < -0.4 is 5.56 Å². The van der Waals surface area contributed by atoms with Crippen LogP contribution in [0.15, 0.2) is 29.1 Å². The molecule has 0 atom stereocenters. The molecule has 0 aliphatic heterocycles. The van der Waals surface area contributed by atoms with Gasteiger partial charge in [-0.1, -0.05) is 39.0 Å². The highest BCUT2D eigenvalue weighted by Gasteiger charge is 2.36. The van der Waals surface area contributed by atoms with Gasteiger partial charge in [0.15, 0.2) is 14.1 Å². The first kappa shape index (κ1) is 20.4. The number of hydrogen-bond acceptors (Lipinski definition) is 4. The molecule has 0 saturated heterocycles. The summed E-state index contributed by atoms with van der Waals surface area (Å²) in [5, 5.41) is 11.6. The van der Waals surface area contributed by atoms with Crippen molar-refractivity contribution >= 4 is 24.9 Å². The van der Waals surface area contributed by atoms with Crippen LogP contribution in [-0.2, 0) is 11.0 Å². The smallest absolute Gasteiger partial charge is 0.261 e.